The van der Waals surface area contributed by atoms with Crippen LogP contribution in [0.15, 0.2) is 34.8 Å². The molecule has 5 heteroatoms. The molecule has 0 unspecified atom stereocenters. The highest BCUT2D eigenvalue weighted by atomic mass is 79.9. The zero-order valence-electron chi connectivity index (χ0n) is 10.0. The predicted molar refractivity (Wildman–Crippen MR) is 79.6 cm³/mol. The summed E-state index contributed by atoms with van der Waals surface area (Å²) in [5.74, 6) is -1.08. The summed E-state index contributed by atoms with van der Waals surface area (Å²) in [7, 11) is 0. The maximum Gasteiger partial charge on any atom is 0.307 e. The first-order valence-electron chi connectivity index (χ1n) is 6.09. The predicted octanol–water partition coefficient (Wildman–Crippen LogP) is 4.19. The molecule has 0 saturated heterocycles. The number of thiazole rings is 1. The number of allylic oxidation sites excluding steroid dienone is 2. The molecule has 0 amide bonds. The summed E-state index contributed by atoms with van der Waals surface area (Å²) >= 11 is 5.04. The number of rotatable bonds is 2. The van der Waals surface area contributed by atoms with Crippen LogP contribution >= 0.6 is 27.3 Å². The Balaban J connectivity index is 2.02. The first kappa shape index (κ1) is 12.8. The second-order valence-electron chi connectivity index (χ2n) is 4.66. The van der Waals surface area contributed by atoms with Gasteiger partial charge in [0.15, 0.2) is 0 Å². The third-order valence-electron chi connectivity index (χ3n) is 3.43. The van der Waals surface area contributed by atoms with E-state index < -0.39 is 5.97 Å². The Morgan fingerprint density at radius 3 is 2.95 bits per heavy atom. The highest BCUT2D eigenvalue weighted by molar-refractivity contribution is 9.10. The first-order chi connectivity index (χ1) is 9.15. The second-order valence-corrected chi connectivity index (χ2v) is 6.64. The fourth-order valence-corrected chi connectivity index (χ4v) is 3.91. The number of carboxylic acid groups (broad SMARTS) is 1. The van der Waals surface area contributed by atoms with Gasteiger partial charge >= 0.3 is 5.97 Å². The molecule has 0 saturated carbocycles. The number of nitrogens with zero attached hydrogens (tertiary/aromatic N) is 1. The van der Waals surface area contributed by atoms with Gasteiger partial charge in [-0.25, -0.2) is 4.98 Å². The van der Waals surface area contributed by atoms with Crippen molar-refractivity contribution in [3.05, 3.63) is 39.8 Å². The van der Waals surface area contributed by atoms with Crippen LogP contribution in [0.1, 0.15) is 23.8 Å². The molecule has 1 heterocycles. The Bertz CT molecular complexity index is 665. The lowest BCUT2D eigenvalue weighted by molar-refractivity contribution is -0.142. The maximum atomic E-state index is 11.3. The van der Waals surface area contributed by atoms with Crippen LogP contribution in [0.25, 0.3) is 10.2 Å². The number of halogens is 1. The van der Waals surface area contributed by atoms with Crippen molar-refractivity contribution >= 4 is 43.5 Å². The number of benzene rings is 1. The molecule has 0 bridgehead atoms. The molecule has 0 aliphatic heterocycles. The molecule has 0 radical (unpaired) electrons. The van der Waals surface area contributed by atoms with Crippen molar-refractivity contribution in [3.8, 4) is 0 Å². The smallest absolute Gasteiger partial charge is 0.307 e. The van der Waals surface area contributed by atoms with Crippen molar-refractivity contribution in [2.75, 3.05) is 0 Å². The van der Waals surface area contributed by atoms with Gasteiger partial charge in [-0.1, -0.05) is 28.1 Å². The van der Waals surface area contributed by atoms with Gasteiger partial charge in [0.25, 0.3) is 0 Å². The quantitative estimate of drug-likeness (QED) is 0.835. The van der Waals surface area contributed by atoms with Gasteiger partial charge < -0.3 is 5.11 Å². The van der Waals surface area contributed by atoms with E-state index in [1.165, 1.54) is 0 Å². The van der Waals surface area contributed by atoms with Crippen LogP contribution in [0.2, 0.25) is 0 Å². The van der Waals surface area contributed by atoms with Crippen LogP contribution in [0, 0.1) is 5.92 Å². The molecule has 1 aromatic carbocycles. The largest absolute Gasteiger partial charge is 0.481 e. The molecule has 1 aliphatic carbocycles. The number of fused-ring (bicyclic) bond motifs is 1. The van der Waals surface area contributed by atoms with Crippen molar-refractivity contribution in [1.82, 2.24) is 4.98 Å². The first-order valence-corrected chi connectivity index (χ1v) is 7.70. The SMILES string of the molecule is O=C(O)[C@H]1CC=CC[C@H]1c1nc2cc(Br)ccc2s1. The Labute approximate surface area is 123 Å². The summed E-state index contributed by atoms with van der Waals surface area (Å²) in [4.78, 5) is 16.0. The molecule has 19 heavy (non-hydrogen) atoms. The zero-order chi connectivity index (χ0) is 13.4. The molecule has 3 rings (SSSR count). The molecule has 3 nitrogen and oxygen atoms in total. The molecule has 1 N–H and O–H groups in total. The highest BCUT2D eigenvalue weighted by Gasteiger charge is 2.32. The summed E-state index contributed by atoms with van der Waals surface area (Å²) in [5, 5.41) is 10.3. The normalized spacial score (nSPS) is 22.8. The number of hydrogen-bond acceptors (Lipinski definition) is 3. The Kier molecular flexibility index (Phi) is 3.41. The van der Waals surface area contributed by atoms with E-state index >= 15 is 0 Å². The van der Waals surface area contributed by atoms with Crippen LogP contribution in [0.5, 0.6) is 0 Å². The van der Waals surface area contributed by atoms with Gasteiger partial charge in [0.1, 0.15) is 0 Å². The van der Waals surface area contributed by atoms with Crippen LogP contribution in [0.3, 0.4) is 0 Å². The van der Waals surface area contributed by atoms with E-state index in [1.54, 1.807) is 11.3 Å². The Morgan fingerprint density at radius 2 is 2.16 bits per heavy atom. The average Bonchev–Trinajstić information content (AvgIpc) is 2.81. The van der Waals surface area contributed by atoms with Gasteiger partial charge in [0, 0.05) is 10.4 Å². The highest BCUT2D eigenvalue weighted by Crippen LogP contribution is 2.38. The summed E-state index contributed by atoms with van der Waals surface area (Å²) in [6, 6.07) is 5.98. The number of hydrogen-bond donors (Lipinski definition) is 1. The molecule has 0 spiro atoms. The fourth-order valence-electron chi connectivity index (χ4n) is 2.44. The van der Waals surface area contributed by atoms with E-state index in [-0.39, 0.29) is 11.8 Å². The number of carboxylic acids is 1. The molecule has 98 valence electrons. The lowest BCUT2D eigenvalue weighted by Gasteiger charge is -2.22. The average molecular weight is 338 g/mol. The van der Waals surface area contributed by atoms with E-state index in [1.807, 2.05) is 24.3 Å². The number of aromatic nitrogens is 1. The van der Waals surface area contributed by atoms with Crippen LogP contribution < -0.4 is 0 Å². The van der Waals surface area contributed by atoms with E-state index in [2.05, 4.69) is 27.0 Å². The van der Waals surface area contributed by atoms with Crippen molar-refractivity contribution in [1.29, 1.82) is 0 Å². The number of aliphatic carboxylic acids is 1. The lowest BCUT2D eigenvalue weighted by Crippen LogP contribution is -2.23. The molecule has 1 aliphatic rings. The molecule has 2 aromatic rings. The zero-order valence-corrected chi connectivity index (χ0v) is 12.4. The third-order valence-corrected chi connectivity index (χ3v) is 5.09. The topological polar surface area (TPSA) is 50.2 Å². The summed E-state index contributed by atoms with van der Waals surface area (Å²) in [5.41, 5.74) is 0.938. The minimum absolute atomic E-state index is 0.00123. The van der Waals surface area contributed by atoms with Crippen LogP contribution in [-0.4, -0.2) is 16.1 Å². The summed E-state index contributed by atoms with van der Waals surface area (Å²) in [6.07, 6.45) is 5.38. The van der Waals surface area contributed by atoms with Gasteiger partial charge in [-0.3, -0.25) is 4.79 Å². The van der Waals surface area contributed by atoms with Crippen molar-refractivity contribution in [2.24, 2.45) is 5.92 Å². The standard InChI is InChI=1S/C14H12BrNO2S/c15-8-5-6-12-11(7-8)16-13(19-12)9-3-1-2-4-10(9)14(17)18/h1-2,5-7,9-10H,3-4H2,(H,17,18)/t9-,10+/m1/s1. The molecular formula is C14H12BrNO2S. The van der Waals surface area contributed by atoms with E-state index in [9.17, 15) is 9.90 Å². The third kappa shape index (κ3) is 2.44. The van der Waals surface area contributed by atoms with Gasteiger partial charge in [-0.05, 0) is 31.0 Å². The van der Waals surface area contributed by atoms with E-state index in [0.29, 0.717) is 6.42 Å². The minimum atomic E-state index is -0.727. The fraction of sp³-hybridized carbons (Fsp3) is 0.286. The van der Waals surface area contributed by atoms with Crippen LogP contribution in [0.4, 0.5) is 0 Å². The molecule has 2 atom stereocenters. The van der Waals surface area contributed by atoms with Gasteiger partial charge in [0.05, 0.1) is 21.1 Å². The van der Waals surface area contributed by atoms with Gasteiger partial charge in [-0.2, -0.15) is 0 Å². The monoisotopic (exact) mass is 337 g/mol. The van der Waals surface area contributed by atoms with Crippen molar-refractivity contribution < 1.29 is 9.90 Å². The Morgan fingerprint density at radius 1 is 1.37 bits per heavy atom. The van der Waals surface area contributed by atoms with Gasteiger partial charge in [0.2, 0.25) is 0 Å². The van der Waals surface area contributed by atoms with Gasteiger partial charge in [-0.15, -0.1) is 11.3 Å². The molecular weight excluding hydrogens is 326 g/mol. The maximum absolute atomic E-state index is 11.3. The summed E-state index contributed by atoms with van der Waals surface area (Å²) in [6.45, 7) is 0. The van der Waals surface area contributed by atoms with E-state index in [0.717, 1.165) is 26.1 Å². The Hall–Kier alpha value is -1.20. The lowest BCUT2D eigenvalue weighted by atomic mass is 9.83. The van der Waals surface area contributed by atoms with Crippen molar-refractivity contribution in [3.63, 3.8) is 0 Å². The molecule has 1 aromatic heterocycles. The van der Waals surface area contributed by atoms with Crippen molar-refractivity contribution in [2.45, 2.75) is 18.8 Å². The summed E-state index contributed by atoms with van der Waals surface area (Å²) < 4.78 is 2.10. The molecule has 0 fully saturated rings. The van der Waals surface area contributed by atoms with Crippen LogP contribution in [-0.2, 0) is 4.79 Å². The number of carbonyl (C=O) groups is 1. The van der Waals surface area contributed by atoms with E-state index in [4.69, 9.17) is 0 Å². The second kappa shape index (κ2) is 5.06. The minimum Gasteiger partial charge on any atom is -0.481 e.